The molecule has 0 bridgehead atoms. The highest BCUT2D eigenvalue weighted by molar-refractivity contribution is 7.09. The first kappa shape index (κ1) is 16.7. The van der Waals surface area contributed by atoms with Crippen molar-refractivity contribution in [1.82, 2.24) is 20.1 Å². The number of hydrogen-bond acceptors (Lipinski definition) is 4. The summed E-state index contributed by atoms with van der Waals surface area (Å²) in [5.41, 5.74) is 4.47. The standard InChI is InChI=1S/C21H20N4S/c1-2-6-17(7-3-1)15-25-16-19(13-23-14-20-9-5-11-26-20)21(24-25)18-8-4-10-22-12-18/h1-12,16,23H,13-15H2. The fourth-order valence-electron chi connectivity index (χ4n) is 2.92. The van der Waals surface area contributed by atoms with Crippen LogP contribution in [-0.2, 0) is 19.6 Å². The Kier molecular flexibility index (Phi) is 5.19. The van der Waals surface area contributed by atoms with Crippen molar-refractivity contribution in [2.45, 2.75) is 19.6 Å². The number of rotatable bonds is 7. The van der Waals surface area contributed by atoms with Crippen LogP contribution in [0.1, 0.15) is 16.0 Å². The van der Waals surface area contributed by atoms with Gasteiger partial charge in [0, 0.05) is 47.7 Å². The molecule has 0 aliphatic carbocycles. The molecule has 4 nitrogen and oxygen atoms in total. The van der Waals surface area contributed by atoms with Crippen molar-refractivity contribution in [2.75, 3.05) is 0 Å². The van der Waals surface area contributed by atoms with Crippen molar-refractivity contribution in [1.29, 1.82) is 0 Å². The molecule has 3 aromatic heterocycles. The molecule has 0 amide bonds. The molecule has 0 aliphatic heterocycles. The Bertz CT molecular complexity index is 931. The highest BCUT2D eigenvalue weighted by atomic mass is 32.1. The van der Waals surface area contributed by atoms with Gasteiger partial charge in [0.1, 0.15) is 0 Å². The predicted octanol–water partition coefficient (Wildman–Crippen LogP) is 4.34. The summed E-state index contributed by atoms with van der Waals surface area (Å²) >= 11 is 1.77. The minimum Gasteiger partial charge on any atom is -0.308 e. The van der Waals surface area contributed by atoms with Gasteiger partial charge in [-0.3, -0.25) is 9.67 Å². The average Bonchev–Trinajstić information content (AvgIpc) is 3.34. The largest absolute Gasteiger partial charge is 0.308 e. The van der Waals surface area contributed by atoms with E-state index in [9.17, 15) is 0 Å². The summed E-state index contributed by atoms with van der Waals surface area (Å²) in [5.74, 6) is 0. The minimum atomic E-state index is 0.763. The third-order valence-corrected chi connectivity index (χ3v) is 5.03. The molecule has 0 saturated heterocycles. The number of thiophene rings is 1. The van der Waals surface area contributed by atoms with E-state index in [1.54, 1.807) is 17.5 Å². The van der Waals surface area contributed by atoms with E-state index in [1.807, 2.05) is 23.0 Å². The van der Waals surface area contributed by atoms with E-state index in [0.717, 1.165) is 30.9 Å². The van der Waals surface area contributed by atoms with E-state index in [-0.39, 0.29) is 0 Å². The predicted molar refractivity (Wildman–Crippen MR) is 106 cm³/mol. The molecule has 130 valence electrons. The molecule has 26 heavy (non-hydrogen) atoms. The second kappa shape index (κ2) is 8.08. The quantitative estimate of drug-likeness (QED) is 0.533. The number of pyridine rings is 1. The Morgan fingerprint density at radius 2 is 1.88 bits per heavy atom. The maximum absolute atomic E-state index is 4.83. The molecule has 0 atom stereocenters. The lowest BCUT2D eigenvalue weighted by atomic mass is 10.1. The van der Waals surface area contributed by atoms with Crippen molar-refractivity contribution in [2.24, 2.45) is 0 Å². The normalized spacial score (nSPS) is 10.9. The summed E-state index contributed by atoms with van der Waals surface area (Å²) in [6.45, 7) is 2.41. The third-order valence-electron chi connectivity index (χ3n) is 4.15. The van der Waals surface area contributed by atoms with Crippen LogP contribution in [-0.4, -0.2) is 14.8 Å². The Morgan fingerprint density at radius 3 is 2.65 bits per heavy atom. The zero-order valence-electron chi connectivity index (χ0n) is 14.4. The van der Waals surface area contributed by atoms with Gasteiger partial charge < -0.3 is 5.32 Å². The highest BCUT2D eigenvalue weighted by Crippen LogP contribution is 2.22. The van der Waals surface area contributed by atoms with Crippen molar-refractivity contribution in [3.63, 3.8) is 0 Å². The monoisotopic (exact) mass is 360 g/mol. The molecular weight excluding hydrogens is 340 g/mol. The van der Waals surface area contributed by atoms with Crippen molar-refractivity contribution < 1.29 is 0 Å². The van der Waals surface area contributed by atoms with E-state index in [0.29, 0.717) is 0 Å². The third kappa shape index (κ3) is 4.07. The lowest BCUT2D eigenvalue weighted by Gasteiger charge is -2.03. The first-order valence-corrected chi connectivity index (χ1v) is 9.50. The zero-order valence-corrected chi connectivity index (χ0v) is 15.2. The smallest absolute Gasteiger partial charge is 0.0983 e. The van der Waals surface area contributed by atoms with E-state index >= 15 is 0 Å². The highest BCUT2D eigenvalue weighted by Gasteiger charge is 2.11. The molecule has 0 spiro atoms. The molecule has 0 radical (unpaired) electrons. The van der Waals surface area contributed by atoms with Gasteiger partial charge in [-0.1, -0.05) is 36.4 Å². The van der Waals surface area contributed by atoms with Crippen LogP contribution in [0.25, 0.3) is 11.3 Å². The fraction of sp³-hybridized carbons (Fsp3) is 0.143. The Hall–Kier alpha value is -2.76. The number of hydrogen-bond donors (Lipinski definition) is 1. The lowest BCUT2D eigenvalue weighted by Crippen LogP contribution is -2.12. The summed E-state index contributed by atoms with van der Waals surface area (Å²) in [5, 5.41) is 10.5. The fourth-order valence-corrected chi connectivity index (χ4v) is 3.60. The van der Waals surface area contributed by atoms with Crippen LogP contribution < -0.4 is 5.32 Å². The second-order valence-electron chi connectivity index (χ2n) is 6.11. The Balaban J connectivity index is 1.55. The second-order valence-corrected chi connectivity index (χ2v) is 7.14. The Morgan fingerprint density at radius 1 is 0.962 bits per heavy atom. The van der Waals surface area contributed by atoms with Crippen LogP contribution in [0.5, 0.6) is 0 Å². The van der Waals surface area contributed by atoms with Gasteiger partial charge in [0.15, 0.2) is 0 Å². The summed E-state index contributed by atoms with van der Waals surface area (Å²) in [6, 6.07) is 18.7. The topological polar surface area (TPSA) is 42.7 Å². The number of nitrogens with one attached hydrogen (secondary N) is 1. The van der Waals surface area contributed by atoms with Gasteiger partial charge in [-0.15, -0.1) is 11.3 Å². The maximum atomic E-state index is 4.83. The molecule has 4 aromatic rings. The Labute approximate surface area is 157 Å². The molecule has 1 N–H and O–H groups in total. The number of benzene rings is 1. The SMILES string of the molecule is c1ccc(Cn2cc(CNCc3cccs3)c(-c3cccnc3)n2)cc1. The van der Waals surface area contributed by atoms with Crippen LogP contribution in [0.3, 0.4) is 0 Å². The number of nitrogens with zero attached hydrogens (tertiary/aromatic N) is 3. The van der Waals surface area contributed by atoms with Crippen LogP contribution in [0.4, 0.5) is 0 Å². The first-order chi connectivity index (χ1) is 12.9. The van der Waals surface area contributed by atoms with Crippen LogP contribution in [0, 0.1) is 0 Å². The summed E-state index contributed by atoms with van der Waals surface area (Å²) in [6.07, 6.45) is 5.80. The van der Waals surface area contributed by atoms with Gasteiger partial charge in [0.2, 0.25) is 0 Å². The van der Waals surface area contributed by atoms with E-state index in [4.69, 9.17) is 5.10 Å². The van der Waals surface area contributed by atoms with Crippen molar-refractivity contribution in [3.05, 3.63) is 94.6 Å². The van der Waals surface area contributed by atoms with Crippen molar-refractivity contribution >= 4 is 11.3 Å². The molecule has 5 heteroatoms. The first-order valence-electron chi connectivity index (χ1n) is 8.62. The molecule has 0 aliphatic rings. The van der Waals surface area contributed by atoms with Gasteiger partial charge in [-0.05, 0) is 29.1 Å². The summed E-state index contributed by atoms with van der Waals surface area (Å²) in [4.78, 5) is 5.59. The van der Waals surface area contributed by atoms with Gasteiger partial charge in [0.05, 0.1) is 12.2 Å². The minimum absolute atomic E-state index is 0.763. The van der Waals surface area contributed by atoms with E-state index in [2.05, 4.69) is 64.3 Å². The molecule has 1 aromatic carbocycles. The maximum Gasteiger partial charge on any atom is 0.0983 e. The molecule has 3 heterocycles. The van der Waals surface area contributed by atoms with E-state index in [1.165, 1.54) is 16.0 Å². The average molecular weight is 360 g/mol. The van der Waals surface area contributed by atoms with Gasteiger partial charge in [0.25, 0.3) is 0 Å². The molecule has 0 unspecified atom stereocenters. The summed E-state index contributed by atoms with van der Waals surface area (Å²) in [7, 11) is 0. The van der Waals surface area contributed by atoms with Crippen molar-refractivity contribution in [3.8, 4) is 11.3 Å². The van der Waals surface area contributed by atoms with Gasteiger partial charge in [-0.2, -0.15) is 5.10 Å². The van der Waals surface area contributed by atoms with E-state index < -0.39 is 0 Å². The van der Waals surface area contributed by atoms with Gasteiger partial charge in [-0.25, -0.2) is 0 Å². The molecule has 0 saturated carbocycles. The summed E-state index contributed by atoms with van der Waals surface area (Å²) < 4.78 is 2.01. The van der Waals surface area contributed by atoms with Gasteiger partial charge >= 0.3 is 0 Å². The zero-order chi connectivity index (χ0) is 17.6. The van der Waals surface area contributed by atoms with Crippen LogP contribution in [0.15, 0.2) is 78.6 Å². The lowest BCUT2D eigenvalue weighted by molar-refractivity contribution is 0.680. The molecule has 4 rings (SSSR count). The molecule has 0 fully saturated rings. The van der Waals surface area contributed by atoms with Crippen LogP contribution >= 0.6 is 11.3 Å². The number of aromatic nitrogens is 3. The van der Waals surface area contributed by atoms with Crippen LogP contribution in [0.2, 0.25) is 0 Å². The molecular formula is C21H20N4S.